The second kappa shape index (κ2) is 6.71. The molecule has 1 atom stereocenters. The van der Waals surface area contributed by atoms with Crippen LogP contribution in [-0.2, 0) is 28.9 Å². The van der Waals surface area contributed by atoms with Gasteiger partial charge in [-0.2, -0.15) is 0 Å². The Bertz CT molecular complexity index is 801. The average molecular weight is 334 g/mol. The van der Waals surface area contributed by atoms with E-state index in [0.717, 1.165) is 42.6 Å². The van der Waals surface area contributed by atoms with Crippen LogP contribution < -0.4 is 5.32 Å². The molecule has 25 heavy (non-hydrogen) atoms. The van der Waals surface area contributed by atoms with Crippen molar-refractivity contribution in [2.24, 2.45) is 0 Å². The number of rotatable bonds is 4. The molecule has 2 heterocycles. The number of fused-ring (bicyclic) bond motifs is 1. The van der Waals surface area contributed by atoms with Crippen LogP contribution in [0.25, 0.3) is 0 Å². The first-order valence-electron chi connectivity index (χ1n) is 8.94. The summed E-state index contributed by atoms with van der Waals surface area (Å²) in [4.78, 5) is 26.3. The average Bonchev–Trinajstić information content (AvgIpc) is 3.21. The summed E-state index contributed by atoms with van der Waals surface area (Å²) in [5, 5.41) is 2.86. The molecule has 1 fully saturated rings. The second-order valence-corrected chi connectivity index (χ2v) is 6.97. The van der Waals surface area contributed by atoms with E-state index in [1.54, 1.807) is 0 Å². The molecule has 1 saturated heterocycles. The molecule has 0 saturated carbocycles. The van der Waals surface area contributed by atoms with Crippen molar-refractivity contribution in [2.45, 2.75) is 38.1 Å². The van der Waals surface area contributed by atoms with Gasteiger partial charge in [0.15, 0.2) is 0 Å². The standard InChI is InChI=1S/C21H22N2O2/c24-20-14-17-9-8-16(12-19(17)22-20)13-21(25)23-10-4-7-18(23)11-15-5-2-1-3-6-15/h1-3,5-6,8-9,12,18H,4,7,10-11,13-14H2,(H,22,24). The Balaban J connectivity index is 1.43. The zero-order valence-corrected chi connectivity index (χ0v) is 14.2. The highest BCUT2D eigenvalue weighted by atomic mass is 16.2. The van der Waals surface area contributed by atoms with Crippen LogP contribution in [0.4, 0.5) is 5.69 Å². The van der Waals surface area contributed by atoms with E-state index >= 15 is 0 Å². The van der Waals surface area contributed by atoms with Crippen LogP contribution in [0.2, 0.25) is 0 Å². The van der Waals surface area contributed by atoms with E-state index in [1.807, 2.05) is 29.2 Å². The van der Waals surface area contributed by atoms with Crippen molar-refractivity contribution in [3.05, 3.63) is 65.2 Å². The monoisotopic (exact) mass is 334 g/mol. The minimum Gasteiger partial charge on any atom is -0.339 e. The Morgan fingerprint density at radius 2 is 1.96 bits per heavy atom. The number of hydrogen-bond acceptors (Lipinski definition) is 2. The van der Waals surface area contributed by atoms with Gasteiger partial charge in [-0.15, -0.1) is 0 Å². The highest BCUT2D eigenvalue weighted by molar-refractivity contribution is 5.99. The van der Waals surface area contributed by atoms with Crippen molar-refractivity contribution in [3.8, 4) is 0 Å². The molecule has 1 N–H and O–H groups in total. The molecule has 0 spiro atoms. The quantitative estimate of drug-likeness (QED) is 0.934. The van der Waals surface area contributed by atoms with Gasteiger partial charge in [-0.3, -0.25) is 9.59 Å². The largest absolute Gasteiger partial charge is 0.339 e. The maximum atomic E-state index is 12.8. The summed E-state index contributed by atoms with van der Waals surface area (Å²) in [6.45, 7) is 0.845. The second-order valence-electron chi connectivity index (χ2n) is 6.97. The molecule has 0 bridgehead atoms. The van der Waals surface area contributed by atoms with Crippen molar-refractivity contribution in [1.82, 2.24) is 4.90 Å². The van der Waals surface area contributed by atoms with Gasteiger partial charge in [0.1, 0.15) is 0 Å². The van der Waals surface area contributed by atoms with E-state index in [0.29, 0.717) is 18.9 Å². The van der Waals surface area contributed by atoms with Crippen LogP contribution in [0.5, 0.6) is 0 Å². The van der Waals surface area contributed by atoms with Crippen molar-refractivity contribution in [3.63, 3.8) is 0 Å². The van der Waals surface area contributed by atoms with Gasteiger partial charge in [-0.05, 0) is 42.0 Å². The van der Waals surface area contributed by atoms with Gasteiger partial charge in [0, 0.05) is 18.3 Å². The molecule has 0 radical (unpaired) electrons. The molecule has 4 nitrogen and oxygen atoms in total. The fourth-order valence-corrected chi connectivity index (χ4v) is 3.91. The maximum absolute atomic E-state index is 12.8. The summed E-state index contributed by atoms with van der Waals surface area (Å²) in [5.74, 6) is 0.212. The fourth-order valence-electron chi connectivity index (χ4n) is 3.91. The van der Waals surface area contributed by atoms with Crippen LogP contribution in [0.1, 0.15) is 29.5 Å². The lowest BCUT2D eigenvalue weighted by Gasteiger charge is -2.25. The first kappa shape index (κ1) is 15.9. The summed E-state index contributed by atoms with van der Waals surface area (Å²) >= 11 is 0. The highest BCUT2D eigenvalue weighted by Gasteiger charge is 2.29. The first-order valence-corrected chi connectivity index (χ1v) is 8.94. The molecule has 2 aliphatic heterocycles. The van der Waals surface area contributed by atoms with E-state index in [-0.39, 0.29) is 11.8 Å². The van der Waals surface area contributed by atoms with Gasteiger partial charge in [0.25, 0.3) is 0 Å². The molecule has 2 amide bonds. The number of anilines is 1. The molecule has 4 heteroatoms. The van der Waals surface area contributed by atoms with Gasteiger partial charge in [-0.1, -0.05) is 42.5 Å². The first-order chi connectivity index (χ1) is 12.2. The van der Waals surface area contributed by atoms with Gasteiger partial charge < -0.3 is 10.2 Å². The number of nitrogens with zero attached hydrogens (tertiary/aromatic N) is 1. The Morgan fingerprint density at radius 1 is 1.12 bits per heavy atom. The lowest BCUT2D eigenvalue weighted by Crippen LogP contribution is -2.37. The third kappa shape index (κ3) is 3.43. The molecular formula is C21H22N2O2. The molecule has 2 aliphatic rings. The molecule has 0 aliphatic carbocycles. The maximum Gasteiger partial charge on any atom is 0.228 e. The van der Waals surface area contributed by atoms with Gasteiger partial charge in [-0.25, -0.2) is 0 Å². The van der Waals surface area contributed by atoms with Crippen molar-refractivity contribution in [1.29, 1.82) is 0 Å². The van der Waals surface area contributed by atoms with E-state index in [2.05, 4.69) is 29.6 Å². The number of hydrogen-bond donors (Lipinski definition) is 1. The Labute approximate surface area is 147 Å². The molecule has 4 rings (SSSR count). The van der Waals surface area contributed by atoms with Crippen LogP contribution in [0.3, 0.4) is 0 Å². The number of likely N-dealkylation sites (tertiary alicyclic amines) is 1. The third-order valence-corrected chi connectivity index (χ3v) is 5.17. The van der Waals surface area contributed by atoms with E-state index in [1.165, 1.54) is 5.56 Å². The van der Waals surface area contributed by atoms with Gasteiger partial charge in [0.2, 0.25) is 11.8 Å². The lowest BCUT2D eigenvalue weighted by atomic mass is 10.0. The minimum absolute atomic E-state index is 0.0287. The van der Waals surface area contributed by atoms with Crippen molar-refractivity contribution in [2.75, 3.05) is 11.9 Å². The fraction of sp³-hybridized carbons (Fsp3) is 0.333. The van der Waals surface area contributed by atoms with Crippen molar-refractivity contribution < 1.29 is 9.59 Å². The minimum atomic E-state index is 0.0287. The van der Waals surface area contributed by atoms with Crippen molar-refractivity contribution >= 4 is 17.5 Å². The van der Waals surface area contributed by atoms with Crippen LogP contribution in [0.15, 0.2) is 48.5 Å². The lowest BCUT2D eigenvalue weighted by molar-refractivity contribution is -0.131. The predicted molar refractivity (Wildman–Crippen MR) is 97.4 cm³/mol. The third-order valence-electron chi connectivity index (χ3n) is 5.17. The number of nitrogens with one attached hydrogen (secondary N) is 1. The highest BCUT2D eigenvalue weighted by Crippen LogP contribution is 2.26. The zero-order chi connectivity index (χ0) is 17.2. The summed E-state index contributed by atoms with van der Waals surface area (Å²) in [6, 6.07) is 16.6. The summed E-state index contributed by atoms with van der Waals surface area (Å²) in [5.41, 5.74) is 4.13. The Hall–Kier alpha value is -2.62. The number of carbonyl (C=O) groups excluding carboxylic acids is 2. The van der Waals surface area contributed by atoms with Crippen LogP contribution in [0, 0.1) is 0 Å². The summed E-state index contributed by atoms with van der Waals surface area (Å²) in [7, 11) is 0. The molecule has 128 valence electrons. The molecule has 0 aromatic heterocycles. The van der Waals surface area contributed by atoms with Gasteiger partial charge in [0.05, 0.1) is 12.8 Å². The number of amides is 2. The zero-order valence-electron chi connectivity index (χ0n) is 14.2. The normalized spacial score (nSPS) is 19.0. The Morgan fingerprint density at radius 3 is 2.80 bits per heavy atom. The van der Waals surface area contributed by atoms with Crippen LogP contribution >= 0.6 is 0 Å². The van der Waals surface area contributed by atoms with E-state index in [4.69, 9.17) is 0 Å². The van der Waals surface area contributed by atoms with E-state index in [9.17, 15) is 9.59 Å². The van der Waals surface area contributed by atoms with Crippen LogP contribution in [-0.4, -0.2) is 29.3 Å². The molecular weight excluding hydrogens is 312 g/mol. The van der Waals surface area contributed by atoms with Gasteiger partial charge >= 0.3 is 0 Å². The summed E-state index contributed by atoms with van der Waals surface area (Å²) < 4.78 is 0. The molecule has 2 aromatic carbocycles. The van der Waals surface area contributed by atoms with E-state index < -0.39 is 0 Å². The number of benzene rings is 2. The SMILES string of the molecule is O=C1Cc2ccc(CC(=O)N3CCCC3Cc3ccccc3)cc2N1. The predicted octanol–water partition coefficient (Wildman–Crippen LogP) is 2.96. The smallest absolute Gasteiger partial charge is 0.228 e. The topological polar surface area (TPSA) is 49.4 Å². The summed E-state index contributed by atoms with van der Waals surface area (Å²) in [6.07, 6.45) is 3.90. The molecule has 1 unspecified atom stereocenters. The Kier molecular flexibility index (Phi) is 4.26. The molecule has 2 aromatic rings. The number of carbonyl (C=O) groups is 2.